The molecule has 5 aliphatic heterocycles. The number of carbonyl (C=O) groups excluding carboxylic acids is 3. The molecule has 4 unspecified atom stereocenters. The van der Waals surface area contributed by atoms with Gasteiger partial charge in [-0.3, -0.25) is 19.4 Å². The largest absolute Gasteiger partial charge is 0.496 e. The van der Waals surface area contributed by atoms with Crippen LogP contribution in [0.25, 0.3) is 10.9 Å². The Morgan fingerprint density at radius 2 is 1.78 bits per heavy atom. The molecule has 1 spiro atoms. The number of anilines is 1. The Balaban J connectivity index is 1.35. The van der Waals surface area contributed by atoms with Crippen molar-refractivity contribution in [3.05, 3.63) is 70.9 Å². The Hall–Kier alpha value is -4.53. The molecule has 9 rings (SSSR count). The van der Waals surface area contributed by atoms with Crippen LogP contribution in [0, 0.1) is 17.3 Å². The number of aromatic amines is 1. The summed E-state index contributed by atoms with van der Waals surface area (Å²) in [7, 11) is 5.94. The molecule has 316 valence electrons. The van der Waals surface area contributed by atoms with Crippen LogP contribution in [0.4, 0.5) is 14.5 Å². The summed E-state index contributed by atoms with van der Waals surface area (Å²) in [5, 5.41) is 14.2. The van der Waals surface area contributed by atoms with Gasteiger partial charge in [0.05, 0.1) is 27.4 Å². The van der Waals surface area contributed by atoms with Crippen LogP contribution >= 0.6 is 0 Å². The highest BCUT2D eigenvalue weighted by atomic mass is 19.3. The molecule has 2 saturated heterocycles. The fourth-order valence-electron chi connectivity index (χ4n) is 13.2. The number of para-hydroxylation sites is 1. The van der Waals surface area contributed by atoms with Gasteiger partial charge >= 0.3 is 17.9 Å². The molecular formula is C45H54F2N4O8. The lowest BCUT2D eigenvalue weighted by molar-refractivity contribution is -0.228. The Bertz CT molecular complexity index is 2270. The maximum absolute atomic E-state index is 15.3. The average molecular weight is 817 g/mol. The minimum atomic E-state index is -2.94. The molecule has 2 N–H and O–H groups in total. The van der Waals surface area contributed by atoms with Crippen molar-refractivity contribution in [3.8, 4) is 5.75 Å². The van der Waals surface area contributed by atoms with E-state index in [2.05, 4.69) is 14.8 Å². The molecule has 14 heteroatoms. The minimum Gasteiger partial charge on any atom is -0.496 e. The second kappa shape index (κ2) is 13.5. The Kier molecular flexibility index (Phi) is 9.12. The number of benzene rings is 2. The van der Waals surface area contributed by atoms with Crippen LogP contribution < -0.4 is 9.64 Å². The van der Waals surface area contributed by atoms with E-state index in [1.807, 2.05) is 67.4 Å². The fraction of sp³-hybridized carbons (Fsp3) is 0.578. The van der Waals surface area contributed by atoms with Gasteiger partial charge in [-0.05, 0) is 68.3 Å². The average Bonchev–Trinajstić information content (AvgIpc) is 3.86. The number of aliphatic hydroxyl groups is 1. The smallest absolute Gasteiger partial charge is 0.344 e. The van der Waals surface area contributed by atoms with Crippen molar-refractivity contribution in [2.45, 2.75) is 93.5 Å². The molecule has 3 aromatic rings. The van der Waals surface area contributed by atoms with Crippen molar-refractivity contribution in [3.63, 3.8) is 0 Å². The first-order valence-corrected chi connectivity index (χ1v) is 20.7. The zero-order valence-electron chi connectivity index (χ0n) is 34.8. The number of nitrogens with one attached hydrogen (secondary N) is 1. The van der Waals surface area contributed by atoms with Crippen LogP contribution in [-0.2, 0) is 46.0 Å². The van der Waals surface area contributed by atoms with Gasteiger partial charge in [0.15, 0.2) is 6.10 Å². The molecule has 3 fully saturated rings. The van der Waals surface area contributed by atoms with Crippen molar-refractivity contribution in [1.29, 1.82) is 0 Å². The second-order valence-electron chi connectivity index (χ2n) is 18.0. The van der Waals surface area contributed by atoms with Crippen LogP contribution in [0.3, 0.4) is 0 Å². The Morgan fingerprint density at radius 1 is 1.03 bits per heavy atom. The second-order valence-corrected chi connectivity index (χ2v) is 18.0. The third-order valence-electron chi connectivity index (χ3n) is 15.3. The summed E-state index contributed by atoms with van der Waals surface area (Å²) in [6.07, 6.45) is 4.04. The quantitative estimate of drug-likeness (QED) is 0.188. The molecule has 2 bridgehead atoms. The van der Waals surface area contributed by atoms with Gasteiger partial charge < -0.3 is 33.9 Å². The van der Waals surface area contributed by atoms with Gasteiger partial charge in [-0.1, -0.05) is 37.3 Å². The minimum absolute atomic E-state index is 0.155. The van der Waals surface area contributed by atoms with E-state index in [4.69, 9.17) is 18.9 Å². The highest BCUT2D eigenvalue weighted by Crippen LogP contribution is 2.68. The van der Waals surface area contributed by atoms with E-state index in [0.717, 1.165) is 29.0 Å². The van der Waals surface area contributed by atoms with Crippen LogP contribution in [0.15, 0.2) is 48.6 Å². The van der Waals surface area contributed by atoms with E-state index in [1.165, 1.54) is 28.3 Å². The van der Waals surface area contributed by atoms with E-state index >= 15 is 13.6 Å². The van der Waals surface area contributed by atoms with Crippen molar-refractivity contribution in [2.75, 3.05) is 59.5 Å². The normalized spacial score (nSPS) is 35.8. The van der Waals surface area contributed by atoms with Crippen molar-refractivity contribution in [2.24, 2.45) is 17.3 Å². The molecule has 6 aliphatic rings. The van der Waals surface area contributed by atoms with Crippen molar-refractivity contribution in [1.82, 2.24) is 14.8 Å². The van der Waals surface area contributed by atoms with Gasteiger partial charge in [0.25, 0.3) is 0 Å². The Labute approximate surface area is 342 Å². The van der Waals surface area contributed by atoms with Gasteiger partial charge in [0.1, 0.15) is 11.2 Å². The predicted molar refractivity (Wildman–Crippen MR) is 214 cm³/mol. The van der Waals surface area contributed by atoms with Crippen LogP contribution in [-0.4, -0.2) is 122 Å². The molecule has 59 heavy (non-hydrogen) atoms. The van der Waals surface area contributed by atoms with Gasteiger partial charge in [0.2, 0.25) is 11.5 Å². The number of likely N-dealkylation sites (N-methyl/N-ethyl adjacent to an activating group) is 1. The number of hydrogen-bond donors (Lipinski definition) is 2. The monoisotopic (exact) mass is 816 g/mol. The van der Waals surface area contributed by atoms with Gasteiger partial charge in [-0.15, -0.1) is 0 Å². The van der Waals surface area contributed by atoms with E-state index in [9.17, 15) is 14.7 Å². The molecule has 0 radical (unpaired) electrons. The fourth-order valence-corrected chi connectivity index (χ4v) is 13.2. The summed E-state index contributed by atoms with van der Waals surface area (Å²) < 4.78 is 54.3. The molecule has 1 aromatic heterocycles. The topological polar surface area (TPSA) is 134 Å². The number of esters is 3. The number of piperidine rings is 1. The SMILES string of the molecule is CC[C@]12C=CCN3CC[C@@]4(c5cc([C@@]6(C(=O)OC)CC7CC(C(C)(F)F)CN(Cc8c6[nH]c6ccccc86)C7)c(OC)cc5N(C)[C@H]4[C@@](O)(C(=O)OC)[C@@H]1OC(C)=O)C32. The first-order valence-electron chi connectivity index (χ1n) is 20.7. The number of ether oxygens (including phenoxy) is 4. The van der Waals surface area contributed by atoms with Gasteiger partial charge in [0, 0.05) is 96.9 Å². The zero-order chi connectivity index (χ0) is 42.0. The first-order chi connectivity index (χ1) is 28.1. The predicted octanol–water partition coefficient (Wildman–Crippen LogP) is 5.08. The number of methoxy groups -OCH3 is 3. The number of hydrogen-bond acceptors (Lipinski definition) is 11. The number of nitrogens with zero attached hydrogens (tertiary/aromatic N) is 3. The maximum Gasteiger partial charge on any atom is 0.344 e. The lowest BCUT2D eigenvalue weighted by Crippen LogP contribution is -2.81. The summed E-state index contributed by atoms with van der Waals surface area (Å²) in [6, 6.07) is 10.3. The van der Waals surface area contributed by atoms with E-state index in [0.29, 0.717) is 61.7 Å². The number of fused-ring (bicyclic) bond motifs is 6. The third-order valence-corrected chi connectivity index (χ3v) is 15.3. The number of alkyl halides is 2. The highest BCUT2D eigenvalue weighted by molar-refractivity contribution is 5.95. The summed E-state index contributed by atoms with van der Waals surface area (Å²) >= 11 is 0. The van der Waals surface area contributed by atoms with Crippen molar-refractivity contribution < 1.29 is 47.2 Å². The molecule has 12 nitrogen and oxygen atoms in total. The summed E-state index contributed by atoms with van der Waals surface area (Å²) in [5.41, 5.74) is -1.64. The number of aromatic nitrogens is 1. The molecule has 2 aromatic carbocycles. The van der Waals surface area contributed by atoms with Crippen LogP contribution in [0.2, 0.25) is 0 Å². The summed E-state index contributed by atoms with van der Waals surface area (Å²) in [4.78, 5) is 52.5. The lowest BCUT2D eigenvalue weighted by Gasteiger charge is -2.63. The summed E-state index contributed by atoms with van der Waals surface area (Å²) in [5.74, 6) is -5.92. The number of rotatable bonds is 7. The highest BCUT2D eigenvalue weighted by Gasteiger charge is 2.80. The molecule has 1 aliphatic carbocycles. The first kappa shape index (κ1) is 39.9. The summed E-state index contributed by atoms with van der Waals surface area (Å²) in [6.45, 7) is 6.55. The molecular weight excluding hydrogens is 763 g/mol. The molecule has 1 saturated carbocycles. The zero-order valence-corrected chi connectivity index (χ0v) is 34.8. The van der Waals surface area contributed by atoms with E-state index < -0.39 is 63.7 Å². The van der Waals surface area contributed by atoms with Gasteiger partial charge in [-0.25, -0.2) is 13.6 Å². The van der Waals surface area contributed by atoms with Gasteiger partial charge in [-0.2, -0.15) is 0 Å². The molecule has 6 heterocycles. The molecule has 0 amide bonds. The van der Waals surface area contributed by atoms with Crippen LogP contribution in [0.5, 0.6) is 5.75 Å². The standard InChI is InChI=1S/C45H54F2N4O8/c1-8-42-14-11-16-51-17-15-43(36(42)51)30-19-31(34(56-5)20-33(30)49(4)37(43)45(55,40(54)58-7)38(42)59-25(2)52)44(39(53)57-6)21-26-18-27(41(3,46)47)23-50(22-26)24-29-28-12-9-10-13-32(28)48-35(29)44/h9-14,19-20,26-27,36-38,48,55H,8,15-18,21-24H2,1-7H3/t26?,27?,36?,37-,38-,42-,43-,44+,45+/m1/s1. The Morgan fingerprint density at radius 3 is 2.46 bits per heavy atom. The number of H-pyrrole nitrogens is 1. The van der Waals surface area contributed by atoms with Crippen LogP contribution in [0.1, 0.15) is 68.8 Å². The number of halogens is 2. The third kappa shape index (κ3) is 5.17. The molecule has 10 atom stereocenters. The van der Waals surface area contributed by atoms with Crippen molar-refractivity contribution >= 4 is 34.5 Å². The van der Waals surface area contributed by atoms with E-state index in [1.54, 1.807) is 0 Å². The van der Waals surface area contributed by atoms with E-state index in [-0.39, 0.29) is 31.3 Å². The maximum atomic E-state index is 15.3. The number of carbonyl (C=O) groups is 3. The lowest BCUT2D eigenvalue weighted by atomic mass is 9.47.